The molecule has 0 aromatic heterocycles. The van der Waals surface area contributed by atoms with E-state index in [1.54, 1.807) is 0 Å². The molecule has 0 aromatic rings. The molecule has 4 aliphatic carbocycles. The maximum absolute atomic E-state index is 11.7. The maximum atomic E-state index is 11.7. The zero-order chi connectivity index (χ0) is 23.5. The standard InChI is InChI=1S/C25H44O6S.Na/c1-5-17-21-14-16(26)8-11-25(21,4)20-9-12-24(3)18(6-7-19(24)22(20)23(17)27)15(2)10-13-31-32(28,29)30;/h15-23,26-27H,5-14H2,1-4H3,(H,28,29,30);/q;+1/p-1/t15-,16+,17-,18-,19?,20?,21+,22?,23-,24-,25-;/m1./s1. The number of rotatable bonds is 6. The summed E-state index contributed by atoms with van der Waals surface area (Å²) in [4.78, 5) is 0. The van der Waals surface area contributed by atoms with Gasteiger partial charge in [0.15, 0.2) is 0 Å². The van der Waals surface area contributed by atoms with E-state index in [0.29, 0.717) is 36.0 Å². The molecule has 0 radical (unpaired) electrons. The number of hydrogen-bond acceptors (Lipinski definition) is 6. The smallest absolute Gasteiger partial charge is 0.726 e. The Kier molecular flexibility index (Phi) is 8.83. The Labute approximate surface area is 222 Å². The Morgan fingerprint density at radius 3 is 2.30 bits per heavy atom. The first-order chi connectivity index (χ1) is 14.9. The third kappa shape index (κ3) is 5.01. The molecular formula is C25H43NaO6S. The van der Waals surface area contributed by atoms with Crippen LogP contribution in [0.4, 0.5) is 0 Å². The van der Waals surface area contributed by atoms with Crippen molar-refractivity contribution in [3.05, 3.63) is 0 Å². The first-order valence-corrected chi connectivity index (χ1v) is 14.2. The Morgan fingerprint density at radius 1 is 1.03 bits per heavy atom. The van der Waals surface area contributed by atoms with E-state index < -0.39 is 10.4 Å². The van der Waals surface area contributed by atoms with E-state index in [1.807, 2.05) is 0 Å². The summed E-state index contributed by atoms with van der Waals surface area (Å²) >= 11 is 0. The predicted molar refractivity (Wildman–Crippen MR) is 121 cm³/mol. The molecule has 0 saturated heterocycles. The van der Waals surface area contributed by atoms with E-state index in [1.165, 1.54) is 0 Å². The quantitative estimate of drug-likeness (QED) is 0.326. The van der Waals surface area contributed by atoms with E-state index in [2.05, 4.69) is 31.9 Å². The molecule has 4 aliphatic rings. The summed E-state index contributed by atoms with van der Waals surface area (Å²) in [5, 5.41) is 22.1. The summed E-state index contributed by atoms with van der Waals surface area (Å²) < 4.78 is 37.0. The Morgan fingerprint density at radius 2 is 1.67 bits per heavy atom. The fraction of sp³-hybridized carbons (Fsp3) is 1.00. The third-order valence-corrected chi connectivity index (χ3v) is 11.4. The predicted octanol–water partition coefficient (Wildman–Crippen LogP) is 1.12. The van der Waals surface area contributed by atoms with Gasteiger partial charge >= 0.3 is 29.6 Å². The molecule has 4 fully saturated rings. The van der Waals surface area contributed by atoms with Gasteiger partial charge in [-0.05, 0) is 104 Å². The molecule has 4 saturated carbocycles. The molecule has 186 valence electrons. The van der Waals surface area contributed by atoms with Gasteiger partial charge in [0.2, 0.25) is 10.4 Å². The van der Waals surface area contributed by atoms with Gasteiger partial charge < -0.3 is 14.8 Å². The van der Waals surface area contributed by atoms with Gasteiger partial charge in [0.25, 0.3) is 0 Å². The van der Waals surface area contributed by atoms with E-state index in [0.717, 1.165) is 51.4 Å². The van der Waals surface area contributed by atoms with Crippen molar-refractivity contribution < 1.29 is 56.9 Å². The van der Waals surface area contributed by atoms with Gasteiger partial charge in [0, 0.05) is 0 Å². The summed E-state index contributed by atoms with van der Waals surface area (Å²) in [6.07, 6.45) is 8.26. The van der Waals surface area contributed by atoms with Crippen molar-refractivity contribution in [3.8, 4) is 0 Å². The minimum absolute atomic E-state index is 0. The van der Waals surface area contributed by atoms with Crippen molar-refractivity contribution in [2.75, 3.05) is 6.61 Å². The Hall–Kier alpha value is 0.790. The van der Waals surface area contributed by atoms with Crippen molar-refractivity contribution >= 4 is 10.4 Å². The molecule has 3 unspecified atom stereocenters. The minimum Gasteiger partial charge on any atom is -0.726 e. The molecule has 11 atom stereocenters. The average molecular weight is 495 g/mol. The minimum atomic E-state index is -4.64. The van der Waals surface area contributed by atoms with Crippen molar-refractivity contribution in [1.29, 1.82) is 0 Å². The molecule has 2 N–H and O–H groups in total. The fourth-order valence-electron chi connectivity index (χ4n) is 9.47. The van der Waals surface area contributed by atoms with Crippen LogP contribution in [0.1, 0.15) is 85.5 Å². The molecule has 0 aromatic carbocycles. The SMILES string of the molecule is CC[C@H]1[C@@H](O)C2C3CC[C@H]([C@H](C)CCOS(=O)(=O)[O-])[C@@]3(C)CCC2[C@@]2(C)CC[C@H](O)C[C@@H]12.[Na+]. The van der Waals surface area contributed by atoms with Gasteiger partial charge in [-0.15, -0.1) is 0 Å². The molecule has 4 rings (SSSR count). The molecular weight excluding hydrogens is 451 g/mol. The van der Waals surface area contributed by atoms with Gasteiger partial charge in [0.05, 0.1) is 18.8 Å². The van der Waals surface area contributed by atoms with Crippen LogP contribution < -0.4 is 29.6 Å². The first kappa shape index (κ1) is 28.4. The molecule has 8 heteroatoms. The Bertz CT molecular complexity index is 792. The zero-order valence-corrected chi connectivity index (χ0v) is 24.0. The Balaban J connectivity index is 0.00000306. The van der Waals surface area contributed by atoms with E-state index in [9.17, 15) is 23.2 Å². The first-order valence-electron chi connectivity index (χ1n) is 12.9. The summed E-state index contributed by atoms with van der Waals surface area (Å²) in [5.41, 5.74) is 0.332. The van der Waals surface area contributed by atoms with Gasteiger partial charge in [-0.3, -0.25) is 4.18 Å². The molecule has 0 heterocycles. The summed E-state index contributed by atoms with van der Waals surface area (Å²) in [6.45, 7) is 9.17. The van der Waals surface area contributed by atoms with E-state index in [-0.39, 0.29) is 71.0 Å². The van der Waals surface area contributed by atoms with Crippen molar-refractivity contribution in [2.24, 2.45) is 52.3 Å². The second-order valence-electron chi connectivity index (χ2n) is 12.1. The molecule has 0 aliphatic heterocycles. The summed E-state index contributed by atoms with van der Waals surface area (Å²) in [6, 6.07) is 0. The van der Waals surface area contributed by atoms with Gasteiger partial charge in [-0.1, -0.05) is 34.1 Å². The van der Waals surface area contributed by atoms with Crippen LogP contribution in [0, 0.1) is 52.3 Å². The number of aliphatic hydroxyl groups excluding tert-OH is 2. The van der Waals surface area contributed by atoms with Crippen LogP contribution in [0.2, 0.25) is 0 Å². The van der Waals surface area contributed by atoms with Gasteiger partial charge in [-0.25, -0.2) is 8.42 Å². The topological polar surface area (TPSA) is 107 Å². The van der Waals surface area contributed by atoms with Gasteiger partial charge in [-0.2, -0.15) is 0 Å². The van der Waals surface area contributed by atoms with Crippen LogP contribution in [-0.4, -0.2) is 42.0 Å². The number of hydrogen-bond donors (Lipinski definition) is 2. The molecule has 6 nitrogen and oxygen atoms in total. The van der Waals surface area contributed by atoms with Crippen LogP contribution in [0.15, 0.2) is 0 Å². The normalized spacial score (nSPS) is 48.2. The van der Waals surface area contributed by atoms with Crippen LogP contribution >= 0.6 is 0 Å². The van der Waals surface area contributed by atoms with Crippen molar-refractivity contribution in [1.82, 2.24) is 0 Å². The second kappa shape index (κ2) is 10.3. The second-order valence-corrected chi connectivity index (χ2v) is 13.2. The van der Waals surface area contributed by atoms with Crippen LogP contribution in [0.3, 0.4) is 0 Å². The number of aliphatic hydroxyl groups is 2. The monoisotopic (exact) mass is 494 g/mol. The summed E-state index contributed by atoms with van der Waals surface area (Å²) in [5.74, 6) is 2.69. The van der Waals surface area contributed by atoms with Crippen molar-refractivity contribution in [3.63, 3.8) is 0 Å². The van der Waals surface area contributed by atoms with Crippen molar-refractivity contribution in [2.45, 2.75) is 97.7 Å². The molecule has 0 amide bonds. The third-order valence-electron chi connectivity index (χ3n) is 11.0. The molecule has 0 spiro atoms. The fourth-order valence-corrected chi connectivity index (χ4v) is 9.77. The maximum Gasteiger partial charge on any atom is 1.00 e. The van der Waals surface area contributed by atoms with Gasteiger partial charge in [0.1, 0.15) is 0 Å². The molecule has 33 heavy (non-hydrogen) atoms. The zero-order valence-electron chi connectivity index (χ0n) is 21.2. The largest absolute Gasteiger partial charge is 1.00 e. The van der Waals surface area contributed by atoms with E-state index >= 15 is 0 Å². The summed E-state index contributed by atoms with van der Waals surface area (Å²) in [7, 11) is -4.64. The average Bonchev–Trinajstić information content (AvgIpc) is 3.06. The molecule has 0 bridgehead atoms. The van der Waals surface area contributed by atoms with Crippen LogP contribution in [-0.2, 0) is 14.6 Å². The number of fused-ring (bicyclic) bond motifs is 5. The van der Waals surface area contributed by atoms with Crippen LogP contribution in [0.25, 0.3) is 0 Å². The van der Waals surface area contributed by atoms with E-state index in [4.69, 9.17) is 0 Å². The van der Waals surface area contributed by atoms with Crippen LogP contribution in [0.5, 0.6) is 0 Å².